The lowest BCUT2D eigenvalue weighted by Gasteiger charge is -2.26. The molecule has 5 rings (SSSR count). The van der Waals surface area contributed by atoms with Gasteiger partial charge in [0, 0.05) is 22.5 Å². The lowest BCUT2D eigenvalue weighted by Crippen LogP contribution is -2.29. The number of hydrogen-bond acceptors (Lipinski definition) is 3. The van der Waals surface area contributed by atoms with E-state index in [2.05, 4.69) is 47.2 Å². The van der Waals surface area contributed by atoms with Crippen molar-refractivity contribution in [2.45, 2.75) is 25.9 Å². The topological polar surface area (TPSA) is 41.3 Å². The van der Waals surface area contributed by atoms with E-state index in [4.69, 9.17) is 39.8 Å². The maximum absolute atomic E-state index is 6.44. The van der Waals surface area contributed by atoms with Gasteiger partial charge in [-0.25, -0.2) is 0 Å². The Labute approximate surface area is 208 Å². The maximum atomic E-state index is 6.44. The standard InChI is InChI=1S/C26H21Cl2N3OS/c1-15-6-8-18(13-16(15)2)31-25(24(30-26(31)33)21-5-3-4-12-29-21)23-11-10-22(32-23)19-9-7-17(27)14-20(19)28/h3-14,24-25H,1-2H3,(H,30,33)/t24-,25+/m0/s1. The Hall–Kier alpha value is -2.86. The highest BCUT2D eigenvalue weighted by Crippen LogP contribution is 2.43. The van der Waals surface area contributed by atoms with Gasteiger partial charge in [0.2, 0.25) is 0 Å². The van der Waals surface area contributed by atoms with Gasteiger partial charge in [-0.1, -0.05) is 35.3 Å². The first-order valence-corrected chi connectivity index (χ1v) is 11.7. The largest absolute Gasteiger partial charge is 0.459 e. The summed E-state index contributed by atoms with van der Waals surface area (Å²) in [6.45, 7) is 4.20. The van der Waals surface area contributed by atoms with Gasteiger partial charge in [-0.05, 0) is 91.8 Å². The average Bonchev–Trinajstić information content (AvgIpc) is 3.41. The molecular formula is C26H21Cl2N3OS. The molecule has 1 saturated heterocycles. The Kier molecular flexibility index (Phi) is 5.87. The second kappa shape index (κ2) is 8.82. The van der Waals surface area contributed by atoms with Crippen LogP contribution in [0.3, 0.4) is 0 Å². The van der Waals surface area contributed by atoms with E-state index in [9.17, 15) is 0 Å². The molecule has 0 aliphatic carbocycles. The van der Waals surface area contributed by atoms with Crippen LogP contribution in [0.2, 0.25) is 10.0 Å². The predicted octanol–water partition coefficient (Wildman–Crippen LogP) is 7.44. The van der Waals surface area contributed by atoms with Crippen molar-refractivity contribution in [3.63, 3.8) is 0 Å². The molecule has 0 spiro atoms. The molecule has 166 valence electrons. The van der Waals surface area contributed by atoms with Crippen molar-refractivity contribution >= 4 is 46.2 Å². The summed E-state index contributed by atoms with van der Waals surface area (Å²) in [5.41, 5.74) is 5.10. The fourth-order valence-corrected chi connectivity index (χ4v) is 4.99. The number of halogens is 2. The highest BCUT2D eigenvalue weighted by molar-refractivity contribution is 7.80. The molecule has 4 aromatic rings. The second-order valence-corrected chi connectivity index (χ2v) is 9.32. The van der Waals surface area contributed by atoms with Crippen LogP contribution in [0.4, 0.5) is 5.69 Å². The van der Waals surface area contributed by atoms with Crippen LogP contribution in [0.5, 0.6) is 0 Å². The van der Waals surface area contributed by atoms with Gasteiger partial charge in [0.25, 0.3) is 0 Å². The summed E-state index contributed by atoms with van der Waals surface area (Å²) < 4.78 is 6.38. The summed E-state index contributed by atoms with van der Waals surface area (Å²) in [4.78, 5) is 6.70. The van der Waals surface area contributed by atoms with Gasteiger partial charge in [0.1, 0.15) is 17.6 Å². The van der Waals surface area contributed by atoms with Gasteiger partial charge < -0.3 is 14.6 Å². The Morgan fingerprint density at radius 1 is 0.970 bits per heavy atom. The molecular weight excluding hydrogens is 473 g/mol. The summed E-state index contributed by atoms with van der Waals surface area (Å²) in [6, 6.07) is 21.1. The van der Waals surface area contributed by atoms with E-state index in [1.54, 1.807) is 18.3 Å². The maximum Gasteiger partial charge on any atom is 0.174 e. The van der Waals surface area contributed by atoms with Crippen molar-refractivity contribution in [3.05, 3.63) is 106 Å². The Balaban J connectivity index is 1.61. The van der Waals surface area contributed by atoms with Crippen LogP contribution in [0, 0.1) is 13.8 Å². The van der Waals surface area contributed by atoms with Crippen LogP contribution in [0.1, 0.15) is 34.7 Å². The minimum absolute atomic E-state index is 0.181. The number of thiocarbonyl (C=S) groups is 1. The van der Waals surface area contributed by atoms with Crippen molar-refractivity contribution in [3.8, 4) is 11.3 Å². The van der Waals surface area contributed by atoms with Gasteiger partial charge in [-0.2, -0.15) is 0 Å². The third-order valence-electron chi connectivity index (χ3n) is 5.98. The van der Waals surface area contributed by atoms with Gasteiger partial charge in [0.15, 0.2) is 5.11 Å². The molecule has 1 fully saturated rings. The number of rotatable bonds is 4. The highest BCUT2D eigenvalue weighted by atomic mass is 35.5. The number of anilines is 1. The van der Waals surface area contributed by atoms with Crippen LogP contribution in [0.25, 0.3) is 11.3 Å². The number of aryl methyl sites for hydroxylation is 2. The smallest absolute Gasteiger partial charge is 0.174 e. The summed E-state index contributed by atoms with van der Waals surface area (Å²) >= 11 is 18.3. The van der Waals surface area contributed by atoms with Crippen LogP contribution in [0.15, 0.2) is 77.3 Å². The monoisotopic (exact) mass is 493 g/mol. The quantitative estimate of drug-likeness (QED) is 0.299. The minimum Gasteiger partial charge on any atom is -0.459 e. The molecule has 0 saturated carbocycles. The van der Waals surface area contributed by atoms with Crippen molar-refractivity contribution < 1.29 is 4.42 Å². The molecule has 2 aromatic carbocycles. The summed E-state index contributed by atoms with van der Waals surface area (Å²) in [5.74, 6) is 1.43. The fourth-order valence-electron chi connectivity index (χ4n) is 4.14. The molecule has 33 heavy (non-hydrogen) atoms. The number of nitrogens with zero attached hydrogens (tertiary/aromatic N) is 2. The van der Waals surface area contributed by atoms with E-state index in [-0.39, 0.29) is 12.1 Å². The molecule has 1 aliphatic rings. The first-order chi connectivity index (χ1) is 15.9. The molecule has 0 unspecified atom stereocenters. The first-order valence-electron chi connectivity index (χ1n) is 10.6. The number of pyridine rings is 1. The first kappa shape index (κ1) is 22.0. The molecule has 1 N–H and O–H groups in total. The molecule has 1 aliphatic heterocycles. The Bertz CT molecular complexity index is 1340. The summed E-state index contributed by atoms with van der Waals surface area (Å²) in [6.07, 6.45) is 1.79. The Morgan fingerprint density at radius 3 is 2.55 bits per heavy atom. The third kappa shape index (κ3) is 4.12. The van der Waals surface area contributed by atoms with E-state index >= 15 is 0 Å². The number of aromatic nitrogens is 1. The van der Waals surface area contributed by atoms with E-state index < -0.39 is 0 Å². The lowest BCUT2D eigenvalue weighted by atomic mass is 10.0. The molecule has 7 heteroatoms. The fraction of sp³-hybridized carbons (Fsp3) is 0.154. The van der Waals surface area contributed by atoms with Gasteiger partial charge in [-0.3, -0.25) is 4.98 Å². The number of nitrogens with one attached hydrogen (secondary N) is 1. The number of furan rings is 1. The third-order valence-corrected chi connectivity index (χ3v) is 6.84. The van der Waals surface area contributed by atoms with Crippen LogP contribution in [-0.4, -0.2) is 10.1 Å². The zero-order valence-electron chi connectivity index (χ0n) is 18.0. The number of benzene rings is 2. The molecule has 2 aromatic heterocycles. The van der Waals surface area contributed by atoms with Gasteiger partial charge in [0.05, 0.1) is 16.8 Å². The molecule has 4 nitrogen and oxygen atoms in total. The SMILES string of the molecule is Cc1ccc(N2C(=S)N[C@@H](c3ccccn3)[C@H]2c2ccc(-c3ccc(Cl)cc3Cl)o2)cc1C. The summed E-state index contributed by atoms with van der Waals surface area (Å²) in [5, 5.41) is 5.21. The average molecular weight is 494 g/mol. The van der Waals surface area contributed by atoms with Crippen LogP contribution in [-0.2, 0) is 0 Å². The number of hydrogen-bond donors (Lipinski definition) is 1. The zero-order chi connectivity index (χ0) is 23.1. The summed E-state index contributed by atoms with van der Waals surface area (Å²) in [7, 11) is 0. The van der Waals surface area contributed by atoms with Gasteiger partial charge in [-0.15, -0.1) is 0 Å². The Morgan fingerprint density at radius 2 is 1.82 bits per heavy atom. The predicted molar refractivity (Wildman–Crippen MR) is 138 cm³/mol. The minimum atomic E-state index is -0.227. The van der Waals surface area contributed by atoms with Gasteiger partial charge >= 0.3 is 0 Å². The molecule has 2 atom stereocenters. The normalized spacial score (nSPS) is 17.9. The van der Waals surface area contributed by atoms with Crippen LogP contribution >= 0.6 is 35.4 Å². The lowest BCUT2D eigenvalue weighted by molar-refractivity contribution is 0.439. The van der Waals surface area contributed by atoms with E-state index in [1.807, 2.05) is 36.4 Å². The van der Waals surface area contributed by atoms with Crippen LogP contribution < -0.4 is 10.2 Å². The zero-order valence-corrected chi connectivity index (χ0v) is 20.4. The molecule has 0 amide bonds. The molecule has 0 bridgehead atoms. The van der Waals surface area contributed by atoms with E-state index in [1.165, 1.54) is 11.1 Å². The second-order valence-electron chi connectivity index (χ2n) is 8.09. The van der Waals surface area contributed by atoms with Crippen molar-refractivity contribution in [2.75, 3.05) is 4.90 Å². The molecule has 0 radical (unpaired) electrons. The highest BCUT2D eigenvalue weighted by Gasteiger charge is 2.42. The van der Waals surface area contributed by atoms with E-state index in [0.29, 0.717) is 20.9 Å². The van der Waals surface area contributed by atoms with Crippen molar-refractivity contribution in [1.82, 2.24) is 10.3 Å². The van der Waals surface area contributed by atoms with Crippen molar-refractivity contribution in [2.24, 2.45) is 0 Å². The van der Waals surface area contributed by atoms with Crippen molar-refractivity contribution in [1.29, 1.82) is 0 Å². The molecule has 3 heterocycles. The van der Waals surface area contributed by atoms with E-state index in [0.717, 1.165) is 22.7 Å².